The van der Waals surface area contributed by atoms with Crippen molar-refractivity contribution in [1.29, 1.82) is 0 Å². The molecule has 0 bridgehead atoms. The third-order valence-corrected chi connectivity index (χ3v) is 6.00. The number of nitrogens with one attached hydrogen (secondary N) is 2. The molecule has 0 spiro atoms. The second kappa shape index (κ2) is 11.1. The maximum atomic E-state index is 11.9. The fourth-order valence-corrected chi connectivity index (χ4v) is 4.19. The number of ether oxygens (including phenoxy) is 1. The SMILES string of the molecule is CCOC(=O)N1CCC(NC(=NCCc2ccco2)NC2CCCCC2C)CC1. The highest BCUT2D eigenvalue weighted by Gasteiger charge is 2.26. The Morgan fingerprint density at radius 1 is 1.24 bits per heavy atom. The van der Waals surface area contributed by atoms with Gasteiger partial charge in [0.1, 0.15) is 5.76 Å². The summed E-state index contributed by atoms with van der Waals surface area (Å²) in [7, 11) is 0. The van der Waals surface area contributed by atoms with E-state index in [9.17, 15) is 4.79 Å². The van der Waals surface area contributed by atoms with E-state index < -0.39 is 0 Å². The number of guanidine groups is 1. The van der Waals surface area contributed by atoms with E-state index in [4.69, 9.17) is 14.1 Å². The molecule has 1 aliphatic carbocycles. The van der Waals surface area contributed by atoms with Crippen molar-refractivity contribution in [3.05, 3.63) is 24.2 Å². The summed E-state index contributed by atoms with van der Waals surface area (Å²) in [6.07, 6.45) is 9.17. The number of aliphatic imine (C=N–C) groups is 1. The van der Waals surface area contributed by atoms with Crippen LogP contribution in [0.1, 0.15) is 58.1 Å². The summed E-state index contributed by atoms with van der Waals surface area (Å²) in [6.45, 7) is 6.72. The van der Waals surface area contributed by atoms with E-state index >= 15 is 0 Å². The molecule has 2 fully saturated rings. The first-order valence-corrected chi connectivity index (χ1v) is 11.2. The predicted octanol–water partition coefficient (Wildman–Crippen LogP) is 3.56. The van der Waals surface area contributed by atoms with E-state index in [2.05, 4.69) is 17.6 Å². The molecule has 7 nitrogen and oxygen atoms in total. The van der Waals surface area contributed by atoms with Gasteiger partial charge in [-0.15, -0.1) is 0 Å². The molecule has 2 N–H and O–H groups in total. The van der Waals surface area contributed by atoms with Crippen molar-refractivity contribution in [2.75, 3.05) is 26.2 Å². The molecular weight excluding hydrogens is 368 g/mol. The van der Waals surface area contributed by atoms with Gasteiger partial charge in [0.05, 0.1) is 12.9 Å². The molecule has 2 atom stereocenters. The first kappa shape index (κ1) is 21.5. The number of likely N-dealkylation sites (tertiary alicyclic amines) is 1. The van der Waals surface area contributed by atoms with E-state index in [0.717, 1.165) is 44.1 Å². The summed E-state index contributed by atoms with van der Waals surface area (Å²) in [5, 5.41) is 7.32. The maximum absolute atomic E-state index is 11.9. The Morgan fingerprint density at radius 2 is 2.03 bits per heavy atom. The second-order valence-corrected chi connectivity index (χ2v) is 8.18. The lowest BCUT2D eigenvalue weighted by atomic mass is 9.86. The summed E-state index contributed by atoms with van der Waals surface area (Å²) in [6, 6.07) is 4.69. The van der Waals surface area contributed by atoms with Crippen LogP contribution in [-0.4, -0.2) is 55.3 Å². The zero-order chi connectivity index (χ0) is 20.5. The van der Waals surface area contributed by atoms with Gasteiger partial charge in [-0.25, -0.2) is 4.79 Å². The van der Waals surface area contributed by atoms with Crippen LogP contribution in [0.25, 0.3) is 0 Å². The van der Waals surface area contributed by atoms with Crippen molar-refractivity contribution in [3.63, 3.8) is 0 Å². The summed E-state index contributed by atoms with van der Waals surface area (Å²) in [5.41, 5.74) is 0. The molecule has 3 rings (SSSR count). The number of carbonyl (C=O) groups excluding carboxylic acids is 1. The molecule has 1 saturated heterocycles. The van der Waals surface area contributed by atoms with Crippen molar-refractivity contribution in [1.82, 2.24) is 15.5 Å². The average molecular weight is 405 g/mol. The largest absolute Gasteiger partial charge is 0.469 e. The molecule has 1 amide bonds. The lowest BCUT2D eigenvalue weighted by Gasteiger charge is -2.35. The molecule has 1 aliphatic heterocycles. The quantitative estimate of drug-likeness (QED) is 0.560. The van der Waals surface area contributed by atoms with Crippen LogP contribution in [0.5, 0.6) is 0 Å². The number of carbonyl (C=O) groups is 1. The third-order valence-electron chi connectivity index (χ3n) is 6.00. The van der Waals surface area contributed by atoms with E-state index in [0.29, 0.717) is 31.2 Å². The highest BCUT2D eigenvalue weighted by molar-refractivity contribution is 5.80. The first-order chi connectivity index (χ1) is 14.2. The van der Waals surface area contributed by atoms with E-state index in [-0.39, 0.29) is 6.09 Å². The summed E-state index contributed by atoms with van der Waals surface area (Å²) in [4.78, 5) is 18.5. The van der Waals surface area contributed by atoms with Crippen LogP contribution < -0.4 is 10.6 Å². The molecule has 7 heteroatoms. The molecule has 2 aliphatic rings. The fourth-order valence-electron chi connectivity index (χ4n) is 4.19. The molecule has 2 unspecified atom stereocenters. The van der Waals surface area contributed by atoms with Gasteiger partial charge in [-0.1, -0.05) is 19.8 Å². The predicted molar refractivity (Wildman–Crippen MR) is 114 cm³/mol. The van der Waals surface area contributed by atoms with Crippen molar-refractivity contribution in [2.24, 2.45) is 10.9 Å². The van der Waals surface area contributed by atoms with E-state index in [1.807, 2.05) is 19.1 Å². The molecular formula is C22H36N4O3. The van der Waals surface area contributed by atoms with E-state index in [1.54, 1.807) is 11.2 Å². The zero-order valence-electron chi connectivity index (χ0n) is 17.9. The molecule has 162 valence electrons. The van der Waals surface area contributed by atoms with Crippen LogP contribution in [0.4, 0.5) is 4.79 Å². The monoisotopic (exact) mass is 404 g/mol. The highest BCUT2D eigenvalue weighted by atomic mass is 16.6. The van der Waals surface area contributed by atoms with Gasteiger partial charge in [0.2, 0.25) is 0 Å². The van der Waals surface area contributed by atoms with Crippen molar-refractivity contribution >= 4 is 12.1 Å². The lowest BCUT2D eigenvalue weighted by molar-refractivity contribution is 0.0962. The molecule has 0 aromatic carbocycles. The van der Waals surface area contributed by atoms with Crippen LogP contribution in [-0.2, 0) is 11.2 Å². The van der Waals surface area contributed by atoms with Gasteiger partial charge in [0.15, 0.2) is 5.96 Å². The number of rotatable bonds is 6. The Bertz CT molecular complexity index is 638. The van der Waals surface area contributed by atoms with Crippen molar-refractivity contribution < 1.29 is 13.9 Å². The van der Waals surface area contributed by atoms with Crippen LogP contribution in [0, 0.1) is 5.92 Å². The summed E-state index contributed by atoms with van der Waals surface area (Å²) < 4.78 is 10.5. The van der Waals surface area contributed by atoms with E-state index in [1.165, 1.54) is 25.7 Å². The number of nitrogens with zero attached hydrogens (tertiary/aromatic N) is 2. The lowest BCUT2D eigenvalue weighted by Crippen LogP contribution is -2.53. The Balaban J connectivity index is 1.55. The average Bonchev–Trinajstić information content (AvgIpc) is 3.24. The number of amides is 1. The molecule has 29 heavy (non-hydrogen) atoms. The Morgan fingerprint density at radius 3 is 2.72 bits per heavy atom. The third kappa shape index (κ3) is 6.68. The summed E-state index contributed by atoms with van der Waals surface area (Å²) >= 11 is 0. The van der Waals surface area contributed by atoms with Gasteiger partial charge in [0, 0.05) is 38.1 Å². The van der Waals surface area contributed by atoms with Gasteiger partial charge < -0.3 is 24.7 Å². The minimum Gasteiger partial charge on any atom is -0.469 e. The van der Waals surface area contributed by atoms with Crippen molar-refractivity contribution in [3.8, 4) is 0 Å². The Hall–Kier alpha value is -2.18. The molecule has 1 aromatic heterocycles. The highest BCUT2D eigenvalue weighted by Crippen LogP contribution is 2.23. The van der Waals surface area contributed by atoms with Crippen LogP contribution in [0.2, 0.25) is 0 Å². The fraction of sp³-hybridized carbons (Fsp3) is 0.727. The number of furan rings is 1. The standard InChI is InChI=1S/C22H36N4O3/c1-3-28-22(27)26-14-11-18(12-15-26)24-21(23-13-10-19-8-6-16-29-19)25-20-9-5-4-7-17(20)2/h6,8,16-18,20H,3-5,7,9-15H2,1-2H3,(H2,23,24,25). The number of hydrogen-bond donors (Lipinski definition) is 2. The van der Waals surface area contributed by atoms with Crippen molar-refractivity contribution in [2.45, 2.75) is 70.9 Å². The van der Waals surface area contributed by atoms with Gasteiger partial charge in [-0.2, -0.15) is 0 Å². The minimum absolute atomic E-state index is 0.201. The van der Waals surface area contributed by atoms with Crippen LogP contribution in [0.15, 0.2) is 27.8 Å². The first-order valence-electron chi connectivity index (χ1n) is 11.2. The normalized spacial score (nSPS) is 23.7. The smallest absolute Gasteiger partial charge is 0.409 e. The van der Waals surface area contributed by atoms with Crippen LogP contribution >= 0.6 is 0 Å². The number of hydrogen-bond acceptors (Lipinski definition) is 4. The zero-order valence-corrected chi connectivity index (χ0v) is 17.9. The maximum Gasteiger partial charge on any atom is 0.409 e. The Labute approximate surface area is 174 Å². The van der Waals surface area contributed by atoms with Gasteiger partial charge in [-0.3, -0.25) is 4.99 Å². The molecule has 2 heterocycles. The second-order valence-electron chi connectivity index (χ2n) is 8.18. The van der Waals surface area contributed by atoms with Gasteiger partial charge >= 0.3 is 6.09 Å². The van der Waals surface area contributed by atoms with Gasteiger partial charge in [-0.05, 0) is 50.7 Å². The number of piperidine rings is 1. The summed E-state index contributed by atoms with van der Waals surface area (Å²) in [5.74, 6) is 2.51. The van der Waals surface area contributed by atoms with Crippen LogP contribution in [0.3, 0.4) is 0 Å². The molecule has 1 saturated carbocycles. The molecule has 1 aromatic rings. The molecule has 0 radical (unpaired) electrons. The Kier molecular flexibility index (Phi) is 8.25. The minimum atomic E-state index is -0.201. The topological polar surface area (TPSA) is 79.1 Å². The van der Waals surface area contributed by atoms with Gasteiger partial charge in [0.25, 0.3) is 0 Å².